The molecule has 0 aromatic heterocycles. The highest BCUT2D eigenvalue weighted by molar-refractivity contribution is 5.90. The third-order valence-corrected chi connectivity index (χ3v) is 3.92. The van der Waals surface area contributed by atoms with Crippen molar-refractivity contribution >= 4 is 23.9 Å². The first-order valence-electron chi connectivity index (χ1n) is 8.53. The fourth-order valence-electron chi connectivity index (χ4n) is 2.22. The number of esters is 1. The maximum atomic E-state index is 12.0. The summed E-state index contributed by atoms with van der Waals surface area (Å²) in [7, 11) is 4.54. The molecule has 0 bridgehead atoms. The maximum Gasteiger partial charge on any atom is 0.331 e. The number of nitrogens with one attached hydrogen (secondary N) is 1. The molecule has 8 heteroatoms. The van der Waals surface area contributed by atoms with Gasteiger partial charge in [0, 0.05) is 24.7 Å². The summed E-state index contributed by atoms with van der Waals surface area (Å²) in [5.41, 5.74) is 0.633. The zero-order chi connectivity index (χ0) is 19.8. The number of carbonyl (C=O) groups is 3. The minimum absolute atomic E-state index is 0.0657. The Morgan fingerprint density at radius 3 is 2.59 bits per heavy atom. The van der Waals surface area contributed by atoms with E-state index in [1.165, 1.54) is 38.3 Å². The number of nitrogens with zero attached hydrogens (tertiary/aromatic N) is 1. The van der Waals surface area contributed by atoms with Gasteiger partial charge >= 0.3 is 5.97 Å². The van der Waals surface area contributed by atoms with Crippen LogP contribution in [0.15, 0.2) is 24.3 Å². The van der Waals surface area contributed by atoms with Crippen molar-refractivity contribution in [1.82, 2.24) is 10.2 Å². The Morgan fingerprint density at radius 1 is 1.22 bits per heavy atom. The van der Waals surface area contributed by atoms with E-state index in [-0.39, 0.29) is 18.5 Å². The highest BCUT2D eigenvalue weighted by Crippen LogP contribution is 2.25. The van der Waals surface area contributed by atoms with Crippen LogP contribution in [0.2, 0.25) is 0 Å². The minimum Gasteiger partial charge on any atom is -0.497 e. The first-order valence-corrected chi connectivity index (χ1v) is 8.53. The number of amides is 2. The van der Waals surface area contributed by atoms with E-state index < -0.39 is 18.5 Å². The Kier molecular flexibility index (Phi) is 7.22. The van der Waals surface area contributed by atoms with Crippen LogP contribution in [0.1, 0.15) is 18.4 Å². The van der Waals surface area contributed by atoms with Crippen LogP contribution < -0.4 is 14.8 Å². The lowest BCUT2D eigenvalue weighted by atomic mass is 10.1. The van der Waals surface area contributed by atoms with Crippen molar-refractivity contribution in [2.24, 2.45) is 0 Å². The van der Waals surface area contributed by atoms with E-state index in [4.69, 9.17) is 14.2 Å². The SMILES string of the molecule is COc1ccc(OC)c(/C=C/C(=O)OCC(=O)N(C)CC(=O)NC2CC2)c1. The molecule has 0 unspecified atom stereocenters. The van der Waals surface area contributed by atoms with Crippen LogP contribution in [0, 0.1) is 0 Å². The normalized spacial score (nSPS) is 13.1. The Bertz CT molecular complexity index is 727. The molecule has 1 aliphatic rings. The molecule has 2 rings (SSSR count). The van der Waals surface area contributed by atoms with Gasteiger partial charge in [0.2, 0.25) is 5.91 Å². The number of methoxy groups -OCH3 is 2. The standard InChI is InChI=1S/C19H24N2O6/c1-21(11-17(22)20-14-5-6-14)18(23)12-27-19(24)9-4-13-10-15(25-2)7-8-16(13)26-3/h4,7-10,14H,5-6,11-12H2,1-3H3,(H,20,22)/b9-4+. The molecule has 0 saturated heterocycles. The average Bonchev–Trinajstić information content (AvgIpc) is 3.47. The topological polar surface area (TPSA) is 94.2 Å². The average molecular weight is 376 g/mol. The quantitative estimate of drug-likeness (QED) is 0.510. The molecule has 146 valence electrons. The summed E-state index contributed by atoms with van der Waals surface area (Å²) in [4.78, 5) is 36.7. The number of benzene rings is 1. The van der Waals surface area contributed by atoms with Crippen LogP contribution in [0.3, 0.4) is 0 Å². The van der Waals surface area contributed by atoms with Gasteiger partial charge in [0.1, 0.15) is 11.5 Å². The summed E-state index contributed by atoms with van der Waals surface area (Å²) in [5.74, 6) is -0.169. The lowest BCUT2D eigenvalue weighted by Crippen LogP contribution is -2.40. The van der Waals surface area contributed by atoms with E-state index in [0.717, 1.165) is 12.8 Å². The molecule has 2 amide bonds. The lowest BCUT2D eigenvalue weighted by Gasteiger charge is -2.16. The van der Waals surface area contributed by atoms with Gasteiger partial charge in [0.25, 0.3) is 5.91 Å². The van der Waals surface area contributed by atoms with Gasteiger partial charge < -0.3 is 24.4 Å². The van der Waals surface area contributed by atoms with Crippen molar-refractivity contribution in [3.05, 3.63) is 29.8 Å². The summed E-state index contributed by atoms with van der Waals surface area (Å²) >= 11 is 0. The summed E-state index contributed by atoms with van der Waals surface area (Å²) in [5, 5.41) is 2.79. The number of hydrogen-bond acceptors (Lipinski definition) is 6. The molecule has 8 nitrogen and oxygen atoms in total. The van der Waals surface area contributed by atoms with Gasteiger partial charge in [-0.2, -0.15) is 0 Å². The molecule has 27 heavy (non-hydrogen) atoms. The van der Waals surface area contributed by atoms with Crippen molar-refractivity contribution in [3.63, 3.8) is 0 Å². The van der Waals surface area contributed by atoms with Crippen molar-refractivity contribution < 1.29 is 28.6 Å². The third kappa shape index (κ3) is 6.65. The van der Waals surface area contributed by atoms with Gasteiger partial charge in [-0.15, -0.1) is 0 Å². The van der Waals surface area contributed by atoms with Crippen LogP contribution in [0.25, 0.3) is 6.08 Å². The molecule has 1 aromatic carbocycles. The lowest BCUT2D eigenvalue weighted by molar-refractivity contribution is -0.148. The van der Waals surface area contributed by atoms with Gasteiger partial charge in [-0.1, -0.05) is 0 Å². The summed E-state index contributed by atoms with van der Waals surface area (Å²) in [6.07, 6.45) is 4.67. The largest absolute Gasteiger partial charge is 0.497 e. The fraction of sp³-hybridized carbons (Fsp3) is 0.421. The second-order valence-corrected chi connectivity index (χ2v) is 6.14. The van der Waals surface area contributed by atoms with Gasteiger partial charge in [0.15, 0.2) is 6.61 Å². The number of ether oxygens (including phenoxy) is 3. The number of likely N-dealkylation sites (N-methyl/N-ethyl adjacent to an activating group) is 1. The smallest absolute Gasteiger partial charge is 0.331 e. The Labute approximate surface area is 158 Å². The van der Waals surface area contributed by atoms with E-state index in [0.29, 0.717) is 17.1 Å². The number of carbonyl (C=O) groups excluding carboxylic acids is 3. The van der Waals surface area contributed by atoms with Gasteiger partial charge in [-0.05, 0) is 37.1 Å². The number of hydrogen-bond donors (Lipinski definition) is 1. The molecular weight excluding hydrogens is 352 g/mol. The van der Waals surface area contributed by atoms with Gasteiger partial charge in [0.05, 0.1) is 20.8 Å². The first kappa shape index (κ1) is 20.3. The molecule has 1 N–H and O–H groups in total. The molecule has 1 aromatic rings. The van der Waals surface area contributed by atoms with Crippen molar-refractivity contribution in [1.29, 1.82) is 0 Å². The van der Waals surface area contributed by atoms with Crippen LogP contribution in [-0.4, -0.2) is 63.1 Å². The summed E-state index contributed by atoms with van der Waals surface area (Å²) in [6.45, 7) is -0.505. The fourth-order valence-corrected chi connectivity index (χ4v) is 2.22. The molecular formula is C19H24N2O6. The predicted molar refractivity (Wildman–Crippen MR) is 98.3 cm³/mol. The third-order valence-electron chi connectivity index (χ3n) is 3.92. The first-order chi connectivity index (χ1) is 12.9. The Hall–Kier alpha value is -3.03. The van der Waals surface area contributed by atoms with Crippen LogP contribution in [-0.2, 0) is 19.1 Å². The highest BCUT2D eigenvalue weighted by atomic mass is 16.5. The van der Waals surface area contributed by atoms with Crippen LogP contribution >= 0.6 is 0 Å². The van der Waals surface area contributed by atoms with E-state index >= 15 is 0 Å². The molecule has 1 aliphatic carbocycles. The molecule has 0 radical (unpaired) electrons. The summed E-state index contributed by atoms with van der Waals surface area (Å²) in [6, 6.07) is 5.40. The number of rotatable bonds is 9. The molecule has 1 fully saturated rings. The zero-order valence-electron chi connectivity index (χ0n) is 15.7. The predicted octanol–water partition coefficient (Wildman–Crippen LogP) is 0.997. The van der Waals surface area contributed by atoms with E-state index in [1.54, 1.807) is 18.2 Å². The van der Waals surface area contributed by atoms with E-state index in [9.17, 15) is 14.4 Å². The van der Waals surface area contributed by atoms with Crippen molar-refractivity contribution in [2.45, 2.75) is 18.9 Å². The van der Waals surface area contributed by atoms with Gasteiger partial charge in [-0.3, -0.25) is 9.59 Å². The van der Waals surface area contributed by atoms with Crippen molar-refractivity contribution in [2.75, 3.05) is 34.4 Å². The maximum absolute atomic E-state index is 12.0. The van der Waals surface area contributed by atoms with Crippen LogP contribution in [0.5, 0.6) is 11.5 Å². The summed E-state index contributed by atoms with van der Waals surface area (Å²) < 4.78 is 15.3. The molecule has 0 atom stereocenters. The monoisotopic (exact) mass is 376 g/mol. The molecule has 1 saturated carbocycles. The molecule has 0 spiro atoms. The Morgan fingerprint density at radius 2 is 1.96 bits per heavy atom. The van der Waals surface area contributed by atoms with Crippen molar-refractivity contribution in [3.8, 4) is 11.5 Å². The van der Waals surface area contributed by atoms with E-state index in [2.05, 4.69) is 5.32 Å². The molecule has 0 heterocycles. The minimum atomic E-state index is -0.677. The Balaban J connectivity index is 1.81. The highest BCUT2D eigenvalue weighted by Gasteiger charge is 2.24. The second-order valence-electron chi connectivity index (χ2n) is 6.14. The van der Waals surface area contributed by atoms with Crippen LogP contribution in [0.4, 0.5) is 0 Å². The second kappa shape index (κ2) is 9.61. The van der Waals surface area contributed by atoms with Gasteiger partial charge in [-0.25, -0.2) is 4.79 Å². The zero-order valence-corrected chi connectivity index (χ0v) is 15.7. The van der Waals surface area contributed by atoms with E-state index in [1.807, 2.05) is 0 Å². The molecule has 0 aliphatic heterocycles.